The van der Waals surface area contributed by atoms with Gasteiger partial charge >= 0.3 is 0 Å². The summed E-state index contributed by atoms with van der Waals surface area (Å²) in [6, 6.07) is 0. The van der Waals surface area contributed by atoms with Crippen molar-refractivity contribution in [1.82, 2.24) is 20.5 Å². The zero-order valence-corrected chi connectivity index (χ0v) is 14.5. The lowest BCUT2D eigenvalue weighted by Gasteiger charge is -2.12. The molecule has 2 heterocycles. The Morgan fingerprint density at radius 3 is 2.57 bits per heavy atom. The van der Waals surface area contributed by atoms with Crippen LogP contribution in [0.1, 0.15) is 46.3 Å². The molecule has 0 saturated heterocycles. The zero-order chi connectivity index (χ0) is 14.8. The highest BCUT2D eigenvalue weighted by molar-refractivity contribution is 7.11. The van der Waals surface area contributed by atoms with E-state index in [-0.39, 0.29) is 23.7 Å². The molecule has 0 aliphatic heterocycles. The lowest BCUT2D eigenvalue weighted by atomic mass is 9.98. The minimum Gasteiger partial charge on any atom is -0.344 e. The molecule has 0 bridgehead atoms. The third kappa shape index (κ3) is 4.70. The van der Waals surface area contributed by atoms with Gasteiger partial charge in [-0.25, -0.2) is 4.98 Å². The number of carbonyl (C=O) groups is 1. The van der Waals surface area contributed by atoms with Crippen molar-refractivity contribution in [2.45, 2.75) is 39.3 Å². The molecule has 0 aliphatic carbocycles. The molecule has 0 spiro atoms. The molecule has 0 unspecified atom stereocenters. The third-order valence-electron chi connectivity index (χ3n) is 2.47. The fourth-order valence-corrected chi connectivity index (χ4v) is 2.88. The summed E-state index contributed by atoms with van der Waals surface area (Å²) in [5, 5.41) is 15.2. The van der Waals surface area contributed by atoms with E-state index in [4.69, 9.17) is 5.73 Å². The van der Waals surface area contributed by atoms with Crippen LogP contribution in [0.3, 0.4) is 0 Å². The molecule has 21 heavy (non-hydrogen) atoms. The number of rotatable bonds is 4. The highest BCUT2D eigenvalue weighted by Crippen LogP contribution is 2.25. The number of nitrogens with zero attached hydrogens (tertiary/aromatic N) is 3. The average Bonchev–Trinajstić information content (AvgIpc) is 3.04. The molecule has 2 aromatic heterocycles. The molecule has 3 N–H and O–H groups in total. The van der Waals surface area contributed by atoms with Crippen molar-refractivity contribution in [3.63, 3.8) is 0 Å². The number of hydrogen-bond acceptors (Lipinski definition) is 7. The molecule has 6 nitrogen and oxygen atoms in total. The van der Waals surface area contributed by atoms with Gasteiger partial charge in [-0.05, 0) is 0 Å². The highest BCUT2D eigenvalue weighted by Gasteiger charge is 2.19. The van der Waals surface area contributed by atoms with Crippen LogP contribution >= 0.6 is 35.1 Å². The van der Waals surface area contributed by atoms with E-state index in [2.05, 4.69) is 41.3 Å². The number of nitrogens with two attached hydrogens (primary N) is 1. The summed E-state index contributed by atoms with van der Waals surface area (Å²) in [6.45, 7) is 6.96. The molecule has 9 heteroatoms. The Labute approximate surface area is 137 Å². The first-order chi connectivity index (χ1) is 9.40. The van der Waals surface area contributed by atoms with Gasteiger partial charge in [-0.1, -0.05) is 32.1 Å². The second kappa shape index (κ2) is 7.26. The minimum absolute atomic E-state index is 0. The maximum absolute atomic E-state index is 11.9. The van der Waals surface area contributed by atoms with Crippen LogP contribution in [0.25, 0.3) is 0 Å². The lowest BCUT2D eigenvalue weighted by molar-refractivity contribution is 0.0946. The van der Waals surface area contributed by atoms with E-state index in [1.165, 1.54) is 22.7 Å². The van der Waals surface area contributed by atoms with Crippen LogP contribution < -0.4 is 11.1 Å². The number of halogens is 1. The van der Waals surface area contributed by atoms with Gasteiger partial charge in [-0.3, -0.25) is 4.79 Å². The van der Waals surface area contributed by atoms with Crippen LogP contribution in [0.5, 0.6) is 0 Å². The molecule has 1 amide bonds. The molecular formula is C12H18ClN5OS2. The van der Waals surface area contributed by atoms with Crippen LogP contribution in [0.4, 0.5) is 0 Å². The summed E-state index contributed by atoms with van der Waals surface area (Å²) in [5.74, 6) is -0.214. The molecule has 2 rings (SSSR count). The Balaban J connectivity index is 0.00000220. The minimum atomic E-state index is -0.214. The Morgan fingerprint density at radius 2 is 2.05 bits per heavy atom. The predicted octanol–water partition coefficient (Wildman–Crippen LogP) is 2.10. The van der Waals surface area contributed by atoms with Crippen molar-refractivity contribution in [3.8, 4) is 0 Å². The second-order valence-electron chi connectivity index (χ2n) is 5.26. The molecule has 0 fully saturated rings. The van der Waals surface area contributed by atoms with Gasteiger partial charge in [0.2, 0.25) is 0 Å². The van der Waals surface area contributed by atoms with Crippen molar-refractivity contribution in [3.05, 3.63) is 26.1 Å². The van der Waals surface area contributed by atoms with Crippen LogP contribution in [-0.2, 0) is 18.5 Å². The monoisotopic (exact) mass is 347 g/mol. The average molecular weight is 348 g/mol. The van der Waals surface area contributed by atoms with Gasteiger partial charge < -0.3 is 11.1 Å². The topological polar surface area (TPSA) is 93.8 Å². The number of hydrogen-bond donors (Lipinski definition) is 2. The van der Waals surface area contributed by atoms with Crippen LogP contribution in [0.2, 0.25) is 0 Å². The standard InChI is InChI=1S/C12H17N5OS2.ClH/c1-12(2,3)11-17-16-9(20-11)5-14-10(18)7-6-19-8(4-13)15-7;/h6H,4-5,13H2,1-3H3,(H,14,18);1H. The van der Waals surface area contributed by atoms with Crippen molar-refractivity contribution in [1.29, 1.82) is 0 Å². The highest BCUT2D eigenvalue weighted by atomic mass is 35.5. The maximum Gasteiger partial charge on any atom is 0.271 e. The summed E-state index contributed by atoms with van der Waals surface area (Å²) in [5.41, 5.74) is 5.85. The number of amides is 1. The predicted molar refractivity (Wildman–Crippen MR) is 87.0 cm³/mol. The van der Waals surface area contributed by atoms with E-state index in [0.29, 0.717) is 18.8 Å². The van der Waals surface area contributed by atoms with E-state index in [0.717, 1.165) is 15.0 Å². The summed E-state index contributed by atoms with van der Waals surface area (Å²) >= 11 is 2.90. The van der Waals surface area contributed by atoms with Gasteiger partial charge in [-0.15, -0.1) is 33.9 Å². The van der Waals surface area contributed by atoms with Crippen molar-refractivity contribution in [2.24, 2.45) is 5.73 Å². The fraction of sp³-hybridized carbons (Fsp3) is 0.500. The van der Waals surface area contributed by atoms with Gasteiger partial charge in [0.25, 0.3) is 5.91 Å². The molecule has 0 saturated carbocycles. The Morgan fingerprint density at radius 1 is 1.33 bits per heavy atom. The van der Waals surface area contributed by atoms with E-state index in [1.54, 1.807) is 5.38 Å². The maximum atomic E-state index is 11.9. The Kier molecular flexibility index (Phi) is 6.21. The van der Waals surface area contributed by atoms with Crippen LogP contribution in [0.15, 0.2) is 5.38 Å². The van der Waals surface area contributed by atoms with Gasteiger partial charge in [0.15, 0.2) is 0 Å². The summed E-state index contributed by atoms with van der Waals surface area (Å²) in [7, 11) is 0. The van der Waals surface area contributed by atoms with E-state index < -0.39 is 0 Å². The Hall–Kier alpha value is -1.09. The van der Waals surface area contributed by atoms with E-state index in [1.807, 2.05) is 0 Å². The largest absolute Gasteiger partial charge is 0.344 e. The van der Waals surface area contributed by atoms with Crippen LogP contribution in [0, 0.1) is 0 Å². The quantitative estimate of drug-likeness (QED) is 0.883. The molecule has 2 aromatic rings. The van der Waals surface area contributed by atoms with Gasteiger partial charge in [0.1, 0.15) is 20.7 Å². The van der Waals surface area contributed by atoms with Crippen LogP contribution in [-0.4, -0.2) is 21.1 Å². The van der Waals surface area contributed by atoms with Gasteiger partial charge in [-0.2, -0.15) is 0 Å². The zero-order valence-electron chi connectivity index (χ0n) is 12.0. The van der Waals surface area contributed by atoms with Gasteiger partial charge in [0.05, 0.1) is 6.54 Å². The van der Waals surface area contributed by atoms with Crippen molar-refractivity contribution >= 4 is 41.0 Å². The first kappa shape index (κ1) is 18.0. The summed E-state index contributed by atoms with van der Waals surface area (Å²) in [4.78, 5) is 16.0. The Bertz CT molecular complexity index is 605. The number of carbonyl (C=O) groups excluding carboxylic acids is 1. The summed E-state index contributed by atoms with van der Waals surface area (Å²) in [6.07, 6.45) is 0. The molecule has 0 atom stereocenters. The molecular weight excluding hydrogens is 330 g/mol. The molecule has 116 valence electrons. The van der Waals surface area contributed by atoms with E-state index >= 15 is 0 Å². The van der Waals surface area contributed by atoms with E-state index in [9.17, 15) is 4.79 Å². The van der Waals surface area contributed by atoms with Crippen molar-refractivity contribution < 1.29 is 4.79 Å². The lowest BCUT2D eigenvalue weighted by Crippen LogP contribution is -2.23. The second-order valence-corrected chi connectivity index (χ2v) is 7.27. The SMILES string of the molecule is CC(C)(C)c1nnc(CNC(=O)c2csc(CN)n2)s1.Cl. The molecule has 0 aromatic carbocycles. The molecule has 0 radical (unpaired) electrons. The number of thiazole rings is 1. The third-order valence-corrected chi connectivity index (χ3v) is 4.69. The smallest absolute Gasteiger partial charge is 0.271 e. The van der Waals surface area contributed by atoms with Crippen molar-refractivity contribution in [2.75, 3.05) is 0 Å². The fourth-order valence-electron chi connectivity index (χ4n) is 1.38. The normalized spacial score (nSPS) is 11.0. The van der Waals surface area contributed by atoms with Gasteiger partial charge in [0, 0.05) is 17.3 Å². The summed E-state index contributed by atoms with van der Waals surface area (Å²) < 4.78 is 0. The molecule has 0 aliphatic rings. The number of aromatic nitrogens is 3. The first-order valence-electron chi connectivity index (χ1n) is 6.15. The number of nitrogens with one attached hydrogen (secondary N) is 1. The first-order valence-corrected chi connectivity index (χ1v) is 7.85.